The van der Waals surface area contributed by atoms with Gasteiger partial charge in [-0.25, -0.2) is 23.7 Å². The number of nitrogens with one attached hydrogen (secondary N) is 2. The minimum absolute atomic E-state index is 0.0161. The molecule has 0 spiro atoms. The van der Waals surface area contributed by atoms with E-state index in [0.29, 0.717) is 0 Å². The van der Waals surface area contributed by atoms with Crippen LogP contribution in [0.15, 0.2) is 24.9 Å². The number of aromatic amines is 1. The van der Waals surface area contributed by atoms with Crippen molar-refractivity contribution < 1.29 is 75.6 Å². The Labute approximate surface area is 257 Å². The number of carbonyl (C=O) groups excluding carboxylic acids is 1. The smallest absolute Gasteiger partial charge is 0.388 e. The van der Waals surface area contributed by atoms with Crippen LogP contribution in [0.2, 0.25) is 0 Å². The summed E-state index contributed by atoms with van der Waals surface area (Å²) in [6.45, 7) is -1.69. The largest absolute Gasteiger partial charge is 0.490 e. The molecule has 0 saturated carbocycles. The number of imidazole rings is 1. The van der Waals surface area contributed by atoms with Gasteiger partial charge in [0.1, 0.15) is 35.6 Å². The van der Waals surface area contributed by atoms with Gasteiger partial charge in [0.05, 0.1) is 38.6 Å². The number of nitrogens with zero attached hydrogens (tertiary/aromatic N) is 4. The van der Waals surface area contributed by atoms with Gasteiger partial charge in [-0.05, 0) is 0 Å². The van der Waals surface area contributed by atoms with E-state index in [0.717, 1.165) is 0 Å². The average molecular weight is 720 g/mol. The third kappa shape index (κ3) is 8.11. The summed E-state index contributed by atoms with van der Waals surface area (Å²) in [5.41, 5.74) is 0.543. The highest BCUT2D eigenvalue weighted by Gasteiger charge is 2.47. The summed E-state index contributed by atoms with van der Waals surface area (Å²) in [7, 11) is -16.8. The fourth-order valence-corrected chi connectivity index (χ4v) is 8.33. The van der Waals surface area contributed by atoms with Gasteiger partial charge in [0, 0.05) is 18.7 Å². The summed E-state index contributed by atoms with van der Waals surface area (Å²) in [5.74, 6) is -0.356. The Morgan fingerprint density at radius 3 is 2.33 bits per heavy atom. The molecule has 26 heteroatoms. The number of aliphatic hydroxyl groups is 3. The van der Waals surface area contributed by atoms with E-state index in [1.807, 2.05) is 0 Å². The Morgan fingerprint density at radius 2 is 1.67 bits per heavy atom. The number of H-pyrrole nitrogens is 1. The summed E-state index contributed by atoms with van der Waals surface area (Å²) in [6, 6.07) is 0. The third-order valence-corrected chi connectivity index (χ3v) is 11.1. The summed E-state index contributed by atoms with van der Waals surface area (Å²) < 4.78 is 66.8. The molecule has 0 radical (unpaired) electrons. The van der Waals surface area contributed by atoms with Crippen molar-refractivity contribution in [3.63, 3.8) is 0 Å². The van der Waals surface area contributed by atoms with Crippen LogP contribution in [0.5, 0.6) is 0 Å². The lowest BCUT2D eigenvalue weighted by Crippen LogP contribution is -2.47. The molecule has 2 aromatic heterocycles. The number of phosphoric ester groups is 2. The minimum atomic E-state index is -5.83. The van der Waals surface area contributed by atoms with Gasteiger partial charge >= 0.3 is 23.5 Å². The van der Waals surface area contributed by atoms with Gasteiger partial charge in [0.2, 0.25) is 5.91 Å². The van der Waals surface area contributed by atoms with E-state index < -0.39 is 79.7 Å². The molecule has 250 valence electrons. The summed E-state index contributed by atoms with van der Waals surface area (Å²) >= 11 is 5.07. The molecule has 3 aliphatic heterocycles. The van der Waals surface area contributed by atoms with Crippen LogP contribution < -0.4 is 5.32 Å². The first-order chi connectivity index (χ1) is 21.0. The number of rotatable bonds is 12. The van der Waals surface area contributed by atoms with Crippen molar-refractivity contribution in [2.45, 2.75) is 49.4 Å². The average Bonchev–Trinajstić information content (AvgIpc) is 3.62. The van der Waals surface area contributed by atoms with Crippen LogP contribution in [0, 0.1) is 4.64 Å². The van der Waals surface area contributed by atoms with Crippen LogP contribution in [0.25, 0.3) is 11.2 Å². The molecular formula is C19H27N6O16P3S. The standard InChI is InChI=1S/C19H27N6O16P3S/c26-10-3-9(38-18(10)24-2-1-12(27)22-7-24)4-36-42(30,31)40-44(34,35)41-43(32,33)37-5-11-14(28)15(29)19(39-11)25-8-23-13-16(25)20-6-21-17(13)45/h1-2,6,8-11,14-15,18-19,26,28-29H,3-5,7H2,(H,22,27)(H,30,31)(H,32,33)(H,34,35)(H,20,21,45)/t9-,10+,11+,14+,15+,18-,19-/m0/s1. The molecule has 0 aliphatic carbocycles. The van der Waals surface area contributed by atoms with Crippen LogP contribution in [-0.4, -0.2) is 117 Å². The van der Waals surface area contributed by atoms with Crippen molar-refractivity contribution in [2.75, 3.05) is 19.9 Å². The highest BCUT2D eigenvalue weighted by atomic mass is 32.1. The highest BCUT2D eigenvalue weighted by molar-refractivity contribution is 7.71. The van der Waals surface area contributed by atoms with Gasteiger partial charge in [-0.1, -0.05) is 12.2 Å². The van der Waals surface area contributed by atoms with E-state index in [4.69, 9.17) is 21.7 Å². The normalized spacial score (nSPS) is 32.7. The van der Waals surface area contributed by atoms with Crippen molar-refractivity contribution in [3.8, 4) is 0 Å². The summed E-state index contributed by atoms with van der Waals surface area (Å²) in [4.78, 5) is 53.1. The predicted molar refractivity (Wildman–Crippen MR) is 145 cm³/mol. The Bertz CT molecular complexity index is 1660. The van der Waals surface area contributed by atoms with Crippen LogP contribution >= 0.6 is 35.7 Å². The second-order valence-corrected chi connectivity index (χ2v) is 14.8. The molecule has 1 amide bonds. The second kappa shape index (κ2) is 13.2. The third-order valence-electron chi connectivity index (χ3n) is 6.57. The summed E-state index contributed by atoms with van der Waals surface area (Å²) in [6.07, 6.45) is -4.13. The summed E-state index contributed by atoms with van der Waals surface area (Å²) in [5, 5.41) is 33.6. The lowest BCUT2D eigenvalue weighted by Gasteiger charge is -2.31. The Balaban J connectivity index is 1.12. The van der Waals surface area contributed by atoms with Crippen molar-refractivity contribution >= 4 is 52.8 Å². The second-order valence-electron chi connectivity index (χ2n) is 9.74. The number of phosphoric acid groups is 3. The monoisotopic (exact) mass is 720 g/mol. The minimum Gasteiger partial charge on any atom is -0.388 e. The first kappa shape index (κ1) is 34.3. The van der Waals surface area contributed by atoms with Crippen molar-refractivity contribution in [1.29, 1.82) is 0 Å². The molecule has 8 N–H and O–H groups in total. The zero-order valence-electron chi connectivity index (χ0n) is 22.5. The van der Waals surface area contributed by atoms with Gasteiger partial charge in [0.15, 0.2) is 17.1 Å². The van der Waals surface area contributed by atoms with E-state index >= 15 is 0 Å². The van der Waals surface area contributed by atoms with E-state index in [2.05, 4.69) is 37.9 Å². The Morgan fingerprint density at radius 1 is 0.978 bits per heavy atom. The van der Waals surface area contributed by atoms with E-state index in [9.17, 15) is 48.5 Å². The lowest BCUT2D eigenvalue weighted by molar-refractivity contribution is -0.121. The first-order valence-corrected chi connectivity index (χ1v) is 17.6. The number of fused-ring (bicyclic) bond motifs is 1. The van der Waals surface area contributed by atoms with Crippen molar-refractivity contribution in [2.24, 2.45) is 0 Å². The number of aromatic nitrogens is 4. The number of ether oxygens (including phenoxy) is 2. The van der Waals surface area contributed by atoms with Crippen molar-refractivity contribution in [1.82, 2.24) is 29.7 Å². The predicted octanol–water partition coefficient (Wildman–Crippen LogP) is -1.15. The molecule has 2 aromatic rings. The molecule has 10 atom stereocenters. The Kier molecular flexibility index (Phi) is 10.1. The van der Waals surface area contributed by atoms with Crippen molar-refractivity contribution in [3.05, 3.63) is 29.6 Å². The maximum atomic E-state index is 12.4. The molecule has 0 bridgehead atoms. The van der Waals surface area contributed by atoms with Crippen LogP contribution in [0.4, 0.5) is 0 Å². The molecule has 5 heterocycles. The molecule has 22 nitrogen and oxygen atoms in total. The maximum absolute atomic E-state index is 12.4. The first-order valence-electron chi connectivity index (χ1n) is 12.7. The fraction of sp³-hybridized carbons (Fsp3) is 0.579. The molecule has 2 fully saturated rings. The molecule has 0 aromatic carbocycles. The van der Waals surface area contributed by atoms with Crippen LogP contribution in [-0.2, 0) is 45.6 Å². The molecule has 5 rings (SSSR count). The van der Waals surface area contributed by atoms with E-state index in [1.165, 1.54) is 34.4 Å². The SMILES string of the molecule is O=C1C=CN([C@H]2O[C@H](COP(=O)(O)OP(=O)(O)OP(=O)(O)OC[C@H]3O[C@H](n4cnc5c(=S)nc[nH]c54)[C@H](O)[C@@H]3O)C[C@H]2O)CN1. The zero-order chi connectivity index (χ0) is 32.7. The number of amides is 1. The van der Waals surface area contributed by atoms with Gasteiger partial charge in [-0.15, -0.1) is 0 Å². The van der Waals surface area contributed by atoms with Crippen LogP contribution in [0.1, 0.15) is 12.6 Å². The molecular weight excluding hydrogens is 693 g/mol. The number of hydrogen-bond donors (Lipinski definition) is 8. The quantitative estimate of drug-likeness (QED) is 0.0948. The topological polar surface area (TPSA) is 307 Å². The van der Waals surface area contributed by atoms with Gasteiger partial charge < -0.3 is 54.7 Å². The number of carbonyl (C=O) groups is 1. The fourth-order valence-electron chi connectivity index (χ4n) is 4.59. The van der Waals surface area contributed by atoms with Gasteiger partial charge in [0.25, 0.3) is 0 Å². The zero-order valence-corrected chi connectivity index (χ0v) is 26.0. The Hall–Kier alpha value is -2.01. The number of aliphatic hydroxyl groups excluding tert-OH is 3. The molecule has 45 heavy (non-hydrogen) atoms. The number of hydrogen-bond acceptors (Lipinski definition) is 17. The highest BCUT2D eigenvalue weighted by Crippen LogP contribution is 2.67. The molecule has 3 aliphatic rings. The maximum Gasteiger partial charge on any atom is 0.490 e. The molecule has 3 unspecified atom stereocenters. The van der Waals surface area contributed by atoms with Gasteiger partial charge in [-0.3, -0.25) is 18.4 Å². The van der Waals surface area contributed by atoms with Crippen LogP contribution in [0.3, 0.4) is 0 Å². The van der Waals surface area contributed by atoms with Gasteiger partial charge in [-0.2, -0.15) is 8.62 Å². The van der Waals surface area contributed by atoms with E-state index in [-0.39, 0.29) is 34.8 Å². The lowest BCUT2D eigenvalue weighted by atomic mass is 10.1. The molecule has 2 saturated heterocycles. The van der Waals surface area contributed by atoms with E-state index in [1.54, 1.807) is 0 Å².